The molecular weight excluding hydrogens is 347 g/mol. The Hall–Kier alpha value is -2.31. The molecule has 0 aliphatic carbocycles. The summed E-state index contributed by atoms with van der Waals surface area (Å²) >= 11 is 0. The standard InChI is InChI=1S/C20H31FN4O2/c1-5-22-19(23-14-18(26)27-20(2,3)4)24-16-9-11-25(12-10-16)17-8-6-7-15(21)13-17/h6-8,13,16H,5,9-12,14H2,1-4H3,(H2,22,23,24). The molecule has 1 aliphatic rings. The third-order valence-corrected chi connectivity index (χ3v) is 4.14. The Morgan fingerprint density at radius 2 is 2.04 bits per heavy atom. The number of carbonyl (C=O) groups is 1. The summed E-state index contributed by atoms with van der Waals surface area (Å²) in [7, 11) is 0. The van der Waals surface area contributed by atoms with Gasteiger partial charge in [0.2, 0.25) is 0 Å². The number of hydrogen-bond acceptors (Lipinski definition) is 4. The number of hydrogen-bond donors (Lipinski definition) is 2. The van der Waals surface area contributed by atoms with E-state index in [1.165, 1.54) is 6.07 Å². The molecule has 0 unspecified atom stereocenters. The fourth-order valence-electron chi connectivity index (χ4n) is 2.99. The smallest absolute Gasteiger partial charge is 0.328 e. The van der Waals surface area contributed by atoms with Crippen molar-refractivity contribution in [2.75, 3.05) is 31.1 Å². The van der Waals surface area contributed by atoms with Crippen LogP contribution in [0.2, 0.25) is 0 Å². The van der Waals surface area contributed by atoms with E-state index in [0.29, 0.717) is 12.5 Å². The van der Waals surface area contributed by atoms with Crippen LogP contribution >= 0.6 is 0 Å². The molecule has 2 rings (SSSR count). The molecule has 1 fully saturated rings. The Labute approximate surface area is 161 Å². The zero-order valence-electron chi connectivity index (χ0n) is 16.7. The number of ether oxygens (including phenoxy) is 1. The number of piperidine rings is 1. The summed E-state index contributed by atoms with van der Waals surface area (Å²) in [6.45, 7) is 9.87. The SMILES string of the molecule is CCNC(=NCC(=O)OC(C)(C)C)NC1CCN(c2cccc(F)c2)CC1. The molecule has 6 nitrogen and oxygen atoms in total. The molecule has 0 aromatic heterocycles. The van der Waals surface area contributed by atoms with E-state index in [-0.39, 0.29) is 24.4 Å². The Kier molecular flexibility index (Phi) is 7.45. The number of benzene rings is 1. The third-order valence-electron chi connectivity index (χ3n) is 4.14. The minimum atomic E-state index is -0.512. The molecule has 150 valence electrons. The lowest BCUT2D eigenvalue weighted by Crippen LogP contribution is -2.49. The summed E-state index contributed by atoms with van der Waals surface area (Å²) in [5.41, 5.74) is 0.404. The lowest BCUT2D eigenvalue weighted by molar-refractivity contribution is -0.152. The summed E-state index contributed by atoms with van der Waals surface area (Å²) < 4.78 is 18.7. The van der Waals surface area contributed by atoms with Crippen LogP contribution < -0.4 is 15.5 Å². The van der Waals surface area contributed by atoms with Crippen molar-refractivity contribution in [1.29, 1.82) is 0 Å². The van der Waals surface area contributed by atoms with Crippen LogP contribution in [0.15, 0.2) is 29.3 Å². The lowest BCUT2D eigenvalue weighted by atomic mass is 10.0. The van der Waals surface area contributed by atoms with Crippen LogP contribution in [0.25, 0.3) is 0 Å². The van der Waals surface area contributed by atoms with Crippen LogP contribution in [-0.4, -0.2) is 49.8 Å². The molecule has 1 saturated heterocycles. The summed E-state index contributed by atoms with van der Waals surface area (Å²) in [5.74, 6) is 0.0599. The van der Waals surface area contributed by atoms with E-state index in [2.05, 4.69) is 20.5 Å². The maximum Gasteiger partial charge on any atom is 0.328 e. The van der Waals surface area contributed by atoms with Gasteiger partial charge in [-0.05, 0) is 58.7 Å². The molecule has 0 radical (unpaired) electrons. The average Bonchev–Trinajstić information content (AvgIpc) is 2.59. The Morgan fingerprint density at radius 1 is 1.33 bits per heavy atom. The van der Waals surface area contributed by atoms with Crippen molar-refractivity contribution in [2.45, 2.75) is 52.2 Å². The van der Waals surface area contributed by atoms with Gasteiger partial charge >= 0.3 is 5.97 Å². The highest BCUT2D eigenvalue weighted by atomic mass is 19.1. The topological polar surface area (TPSA) is 66.0 Å². The van der Waals surface area contributed by atoms with Gasteiger partial charge in [0, 0.05) is 31.4 Å². The number of halogens is 1. The molecule has 2 N–H and O–H groups in total. The summed E-state index contributed by atoms with van der Waals surface area (Å²) in [4.78, 5) is 18.4. The molecule has 1 aromatic carbocycles. The number of carbonyl (C=O) groups excluding carboxylic acids is 1. The van der Waals surface area contributed by atoms with Crippen LogP contribution in [0.4, 0.5) is 10.1 Å². The van der Waals surface area contributed by atoms with Crippen molar-refractivity contribution in [3.8, 4) is 0 Å². The number of rotatable bonds is 5. The van der Waals surface area contributed by atoms with E-state index < -0.39 is 5.60 Å². The van der Waals surface area contributed by atoms with E-state index in [1.807, 2.05) is 33.8 Å². The summed E-state index contributed by atoms with van der Waals surface area (Å²) in [5, 5.41) is 6.56. The highest BCUT2D eigenvalue weighted by molar-refractivity contribution is 5.83. The van der Waals surface area contributed by atoms with Gasteiger partial charge in [0.15, 0.2) is 5.96 Å². The third kappa shape index (κ3) is 7.45. The number of aliphatic imine (C=N–C) groups is 1. The molecule has 0 spiro atoms. The van der Waals surface area contributed by atoms with E-state index in [9.17, 15) is 9.18 Å². The Bertz CT molecular complexity index is 650. The predicted octanol–water partition coefficient (Wildman–Crippen LogP) is 2.69. The summed E-state index contributed by atoms with van der Waals surface area (Å²) in [6.07, 6.45) is 1.82. The van der Waals surface area contributed by atoms with Crippen molar-refractivity contribution < 1.29 is 13.9 Å². The van der Waals surface area contributed by atoms with Crippen molar-refractivity contribution in [1.82, 2.24) is 10.6 Å². The fourth-order valence-corrected chi connectivity index (χ4v) is 2.99. The number of guanidine groups is 1. The molecule has 7 heteroatoms. The normalized spacial score (nSPS) is 16.2. The largest absolute Gasteiger partial charge is 0.459 e. The van der Waals surface area contributed by atoms with Crippen LogP contribution in [0.5, 0.6) is 0 Å². The first-order valence-electron chi connectivity index (χ1n) is 9.54. The zero-order valence-corrected chi connectivity index (χ0v) is 16.7. The van der Waals surface area contributed by atoms with Crippen LogP contribution in [-0.2, 0) is 9.53 Å². The molecule has 0 saturated carbocycles. The van der Waals surface area contributed by atoms with E-state index in [1.54, 1.807) is 12.1 Å². The molecule has 0 amide bonds. The van der Waals surface area contributed by atoms with Crippen LogP contribution in [0.1, 0.15) is 40.5 Å². The Morgan fingerprint density at radius 3 is 2.63 bits per heavy atom. The van der Waals surface area contributed by atoms with Gasteiger partial charge < -0.3 is 20.3 Å². The molecule has 1 aromatic rings. The molecule has 0 bridgehead atoms. The van der Waals surface area contributed by atoms with Crippen molar-refractivity contribution in [2.24, 2.45) is 4.99 Å². The van der Waals surface area contributed by atoms with Crippen molar-refractivity contribution in [3.63, 3.8) is 0 Å². The maximum absolute atomic E-state index is 13.4. The van der Waals surface area contributed by atoms with Crippen molar-refractivity contribution in [3.05, 3.63) is 30.1 Å². The molecule has 1 aliphatic heterocycles. The minimum absolute atomic E-state index is 0.0191. The first-order valence-corrected chi connectivity index (χ1v) is 9.54. The van der Waals surface area contributed by atoms with Gasteiger partial charge in [-0.2, -0.15) is 0 Å². The van der Waals surface area contributed by atoms with E-state index in [4.69, 9.17) is 4.74 Å². The molecule has 0 atom stereocenters. The van der Waals surface area contributed by atoms with Crippen LogP contribution in [0, 0.1) is 5.82 Å². The quantitative estimate of drug-likeness (QED) is 0.469. The van der Waals surface area contributed by atoms with Gasteiger partial charge in [-0.1, -0.05) is 6.07 Å². The second-order valence-corrected chi connectivity index (χ2v) is 7.67. The second kappa shape index (κ2) is 9.58. The van der Waals surface area contributed by atoms with E-state index in [0.717, 1.165) is 31.6 Å². The maximum atomic E-state index is 13.4. The van der Waals surface area contributed by atoms with Crippen molar-refractivity contribution >= 4 is 17.6 Å². The second-order valence-electron chi connectivity index (χ2n) is 7.67. The van der Waals surface area contributed by atoms with E-state index >= 15 is 0 Å². The molecule has 1 heterocycles. The molecular formula is C20H31FN4O2. The Balaban J connectivity index is 1.86. The average molecular weight is 378 g/mol. The van der Waals surface area contributed by atoms with Crippen LogP contribution in [0.3, 0.4) is 0 Å². The van der Waals surface area contributed by atoms with Gasteiger partial charge in [-0.25, -0.2) is 9.38 Å². The highest BCUT2D eigenvalue weighted by Gasteiger charge is 2.21. The number of anilines is 1. The summed E-state index contributed by atoms with van der Waals surface area (Å²) in [6, 6.07) is 6.96. The van der Waals surface area contributed by atoms with Gasteiger partial charge in [-0.3, -0.25) is 4.79 Å². The van der Waals surface area contributed by atoms with Gasteiger partial charge in [0.25, 0.3) is 0 Å². The number of esters is 1. The number of nitrogens with zero attached hydrogens (tertiary/aromatic N) is 2. The highest BCUT2D eigenvalue weighted by Crippen LogP contribution is 2.20. The number of nitrogens with one attached hydrogen (secondary N) is 2. The zero-order chi connectivity index (χ0) is 19.9. The van der Waals surface area contributed by atoms with Gasteiger partial charge in [0.1, 0.15) is 18.0 Å². The first kappa shape index (κ1) is 21.0. The molecule has 27 heavy (non-hydrogen) atoms. The van der Waals surface area contributed by atoms with Gasteiger partial charge in [-0.15, -0.1) is 0 Å². The predicted molar refractivity (Wildman–Crippen MR) is 107 cm³/mol. The fraction of sp³-hybridized carbons (Fsp3) is 0.600. The monoisotopic (exact) mass is 378 g/mol. The first-order chi connectivity index (χ1) is 12.8. The lowest BCUT2D eigenvalue weighted by Gasteiger charge is -2.34. The van der Waals surface area contributed by atoms with Gasteiger partial charge in [0.05, 0.1) is 0 Å². The minimum Gasteiger partial charge on any atom is -0.459 e.